The monoisotopic (exact) mass is 259 g/mol. The molecule has 3 saturated heterocycles. The Balaban J connectivity index is 1.56. The van der Waals surface area contributed by atoms with E-state index in [1.165, 1.54) is 0 Å². The molecule has 4 nitrogen and oxygen atoms in total. The lowest BCUT2D eigenvalue weighted by Crippen LogP contribution is -2.56. The number of Topliss-reactive ketones (excluding diaryl/α,β-unsaturated/α-hetero) is 1. The quantitative estimate of drug-likeness (QED) is 0.809. The van der Waals surface area contributed by atoms with Crippen LogP contribution in [0.2, 0.25) is 0 Å². The maximum absolute atomic E-state index is 12.3. The van der Waals surface area contributed by atoms with Crippen molar-refractivity contribution in [3.05, 3.63) is 23.8 Å². The number of hydrogen-bond acceptors (Lipinski definition) is 4. The molecule has 4 heteroatoms. The van der Waals surface area contributed by atoms with Gasteiger partial charge in [-0.05, 0) is 50.0 Å². The zero-order valence-corrected chi connectivity index (χ0v) is 10.8. The zero-order valence-electron chi connectivity index (χ0n) is 10.8. The van der Waals surface area contributed by atoms with Gasteiger partial charge in [-0.3, -0.25) is 9.69 Å². The van der Waals surface area contributed by atoms with Crippen molar-refractivity contribution in [2.24, 2.45) is 5.92 Å². The fraction of sp³-hybridized carbons (Fsp3) is 0.533. The second-order valence-corrected chi connectivity index (χ2v) is 5.62. The Bertz CT molecular complexity index is 520. The minimum absolute atomic E-state index is 0.0767. The maximum Gasteiger partial charge on any atom is 0.231 e. The van der Waals surface area contributed by atoms with Crippen molar-refractivity contribution in [3.8, 4) is 11.5 Å². The van der Waals surface area contributed by atoms with Crippen molar-refractivity contribution in [1.29, 1.82) is 0 Å². The Morgan fingerprint density at radius 2 is 1.95 bits per heavy atom. The number of hydrogen-bond donors (Lipinski definition) is 0. The number of benzene rings is 1. The summed E-state index contributed by atoms with van der Waals surface area (Å²) in [6.07, 6.45) is 2.90. The third kappa shape index (κ3) is 1.82. The van der Waals surface area contributed by atoms with Gasteiger partial charge in [-0.1, -0.05) is 6.07 Å². The van der Waals surface area contributed by atoms with Crippen LogP contribution in [-0.4, -0.2) is 36.6 Å². The van der Waals surface area contributed by atoms with Gasteiger partial charge in [-0.15, -0.1) is 0 Å². The van der Waals surface area contributed by atoms with Crippen molar-refractivity contribution in [1.82, 2.24) is 4.90 Å². The van der Waals surface area contributed by atoms with Gasteiger partial charge in [-0.25, -0.2) is 0 Å². The predicted molar refractivity (Wildman–Crippen MR) is 69.4 cm³/mol. The van der Waals surface area contributed by atoms with E-state index in [0.29, 0.717) is 18.5 Å². The van der Waals surface area contributed by atoms with Crippen molar-refractivity contribution in [2.45, 2.75) is 25.3 Å². The Hall–Kier alpha value is -1.55. The summed E-state index contributed by atoms with van der Waals surface area (Å²) in [4.78, 5) is 14.7. The molecule has 4 heterocycles. The lowest BCUT2D eigenvalue weighted by molar-refractivity contribution is -0.136. The van der Waals surface area contributed by atoms with E-state index in [0.717, 1.165) is 49.4 Å². The zero-order chi connectivity index (χ0) is 12.8. The highest BCUT2D eigenvalue weighted by atomic mass is 16.7. The van der Waals surface area contributed by atoms with Gasteiger partial charge >= 0.3 is 0 Å². The van der Waals surface area contributed by atoms with Crippen LogP contribution in [0.4, 0.5) is 0 Å². The van der Waals surface area contributed by atoms with Crippen LogP contribution in [0.25, 0.3) is 0 Å². The number of rotatable bonds is 2. The molecule has 100 valence electrons. The summed E-state index contributed by atoms with van der Waals surface area (Å²) >= 11 is 0. The van der Waals surface area contributed by atoms with E-state index < -0.39 is 0 Å². The summed E-state index contributed by atoms with van der Waals surface area (Å²) in [5.41, 5.74) is 1.16. The number of nitrogens with zero attached hydrogens (tertiary/aromatic N) is 1. The highest BCUT2D eigenvalue weighted by Crippen LogP contribution is 2.35. The number of ether oxygens (including phenoxy) is 2. The maximum atomic E-state index is 12.3. The van der Waals surface area contributed by atoms with Crippen LogP contribution in [0.15, 0.2) is 18.2 Å². The topological polar surface area (TPSA) is 38.8 Å². The molecule has 3 fully saturated rings. The number of fused-ring (bicyclic) bond motifs is 4. The van der Waals surface area contributed by atoms with Crippen LogP contribution in [0.5, 0.6) is 11.5 Å². The van der Waals surface area contributed by atoms with E-state index in [-0.39, 0.29) is 6.04 Å². The molecule has 4 aliphatic heterocycles. The van der Waals surface area contributed by atoms with Gasteiger partial charge in [0.2, 0.25) is 6.79 Å². The van der Waals surface area contributed by atoms with E-state index in [1.54, 1.807) is 0 Å². The molecule has 19 heavy (non-hydrogen) atoms. The van der Waals surface area contributed by atoms with Crippen LogP contribution in [0.3, 0.4) is 0 Å². The molecule has 0 radical (unpaired) electrons. The van der Waals surface area contributed by atoms with Gasteiger partial charge in [0.25, 0.3) is 0 Å². The second-order valence-electron chi connectivity index (χ2n) is 5.62. The molecular weight excluding hydrogens is 242 g/mol. The molecular formula is C15H17NO3. The molecule has 2 bridgehead atoms. The first-order valence-electron chi connectivity index (χ1n) is 6.97. The Labute approximate surface area is 112 Å². The predicted octanol–water partition coefficient (Wildman–Crippen LogP) is 1.62. The standard InChI is InChI=1S/C15H17NO3/c17-15-11-3-5-16(6-4-11)12(15)7-10-1-2-13-14(8-10)19-9-18-13/h1-2,8,11-12H,3-7,9H2/t12-/m0/s1. The summed E-state index contributed by atoms with van der Waals surface area (Å²) in [5, 5.41) is 0. The Morgan fingerprint density at radius 1 is 1.16 bits per heavy atom. The number of carbonyl (C=O) groups excluding carboxylic acids is 1. The Kier molecular flexibility index (Phi) is 2.52. The summed E-state index contributed by atoms with van der Waals surface area (Å²) in [7, 11) is 0. The van der Waals surface area contributed by atoms with Crippen LogP contribution >= 0.6 is 0 Å². The van der Waals surface area contributed by atoms with E-state index in [9.17, 15) is 4.79 Å². The lowest BCUT2D eigenvalue weighted by Gasteiger charge is -2.44. The van der Waals surface area contributed by atoms with Gasteiger partial charge in [0, 0.05) is 5.92 Å². The molecule has 0 aliphatic carbocycles. The SMILES string of the molecule is O=C1C2CCN(CC2)[C@H]1Cc1ccc2c(c1)OCO2. The van der Waals surface area contributed by atoms with E-state index in [4.69, 9.17) is 9.47 Å². The first-order chi connectivity index (χ1) is 9.31. The smallest absolute Gasteiger partial charge is 0.231 e. The van der Waals surface area contributed by atoms with Crippen LogP contribution < -0.4 is 9.47 Å². The first kappa shape index (κ1) is 11.3. The van der Waals surface area contributed by atoms with Crippen molar-refractivity contribution in [3.63, 3.8) is 0 Å². The number of carbonyl (C=O) groups is 1. The molecule has 0 aromatic heterocycles. The largest absolute Gasteiger partial charge is 0.454 e. The molecule has 1 aromatic rings. The summed E-state index contributed by atoms with van der Waals surface area (Å²) in [5.74, 6) is 2.36. The van der Waals surface area contributed by atoms with Crippen LogP contribution in [-0.2, 0) is 11.2 Å². The number of piperidine rings is 3. The molecule has 1 aromatic carbocycles. The molecule has 0 unspecified atom stereocenters. The molecule has 0 spiro atoms. The normalized spacial score (nSPS) is 31.8. The fourth-order valence-corrected chi connectivity index (χ4v) is 3.47. The molecule has 5 rings (SSSR count). The van der Waals surface area contributed by atoms with Gasteiger partial charge in [0.1, 0.15) is 0 Å². The highest BCUT2D eigenvalue weighted by Gasteiger charge is 2.40. The van der Waals surface area contributed by atoms with Crippen LogP contribution in [0.1, 0.15) is 18.4 Å². The van der Waals surface area contributed by atoms with E-state index >= 15 is 0 Å². The van der Waals surface area contributed by atoms with E-state index in [1.807, 2.05) is 18.2 Å². The second kappa shape index (κ2) is 4.23. The van der Waals surface area contributed by atoms with Crippen molar-refractivity contribution < 1.29 is 14.3 Å². The fourth-order valence-electron chi connectivity index (χ4n) is 3.47. The first-order valence-corrected chi connectivity index (χ1v) is 6.97. The van der Waals surface area contributed by atoms with Crippen LogP contribution in [0, 0.1) is 5.92 Å². The van der Waals surface area contributed by atoms with Gasteiger partial charge in [0.15, 0.2) is 17.3 Å². The molecule has 1 atom stereocenters. The molecule has 0 N–H and O–H groups in total. The minimum atomic E-state index is 0.0767. The molecule has 0 amide bonds. The lowest BCUT2D eigenvalue weighted by atomic mass is 9.80. The highest BCUT2D eigenvalue weighted by molar-refractivity contribution is 5.88. The van der Waals surface area contributed by atoms with E-state index in [2.05, 4.69) is 4.90 Å². The minimum Gasteiger partial charge on any atom is -0.454 e. The van der Waals surface area contributed by atoms with Crippen molar-refractivity contribution >= 4 is 5.78 Å². The Morgan fingerprint density at radius 3 is 2.74 bits per heavy atom. The average Bonchev–Trinajstić information content (AvgIpc) is 2.91. The third-order valence-electron chi connectivity index (χ3n) is 4.57. The summed E-state index contributed by atoms with van der Waals surface area (Å²) < 4.78 is 10.7. The molecule has 0 saturated carbocycles. The number of ketones is 1. The van der Waals surface area contributed by atoms with Gasteiger partial charge in [-0.2, -0.15) is 0 Å². The third-order valence-corrected chi connectivity index (χ3v) is 4.57. The van der Waals surface area contributed by atoms with Gasteiger partial charge in [0.05, 0.1) is 6.04 Å². The van der Waals surface area contributed by atoms with Crippen molar-refractivity contribution in [2.75, 3.05) is 19.9 Å². The van der Waals surface area contributed by atoms with Gasteiger partial charge < -0.3 is 9.47 Å². The average molecular weight is 259 g/mol. The summed E-state index contributed by atoms with van der Waals surface area (Å²) in [6, 6.07) is 6.08. The molecule has 4 aliphatic rings. The summed E-state index contributed by atoms with van der Waals surface area (Å²) in [6.45, 7) is 2.45.